The first-order valence-electron chi connectivity index (χ1n) is 9.04. The fraction of sp³-hybridized carbons (Fsp3) is 0.722. The van der Waals surface area contributed by atoms with Crippen LogP contribution in [0.3, 0.4) is 0 Å². The molecule has 0 radical (unpaired) electrons. The molecule has 1 aliphatic heterocycles. The molecular weight excluding hydrogens is 336 g/mol. The topological polar surface area (TPSA) is 74.3 Å². The maximum Gasteiger partial charge on any atom is 0.221 e. The van der Waals surface area contributed by atoms with Crippen LogP contribution < -0.4 is 10.6 Å². The number of carbonyl (C=O) groups excluding carboxylic acids is 2. The van der Waals surface area contributed by atoms with E-state index < -0.39 is 0 Å². The summed E-state index contributed by atoms with van der Waals surface area (Å²) in [6.45, 7) is 7.10. The van der Waals surface area contributed by atoms with E-state index in [0.29, 0.717) is 31.5 Å². The number of aromatic nitrogens is 1. The van der Waals surface area contributed by atoms with Gasteiger partial charge in [0.15, 0.2) is 0 Å². The molecule has 2 heterocycles. The van der Waals surface area contributed by atoms with Gasteiger partial charge in [-0.3, -0.25) is 14.5 Å². The lowest BCUT2D eigenvalue weighted by Crippen LogP contribution is -2.42. The highest BCUT2D eigenvalue weighted by atomic mass is 32.1. The van der Waals surface area contributed by atoms with Gasteiger partial charge < -0.3 is 10.6 Å². The summed E-state index contributed by atoms with van der Waals surface area (Å²) in [5.74, 6) is 0.547. The number of nitrogens with zero attached hydrogens (tertiary/aromatic N) is 2. The van der Waals surface area contributed by atoms with Crippen molar-refractivity contribution in [1.82, 2.24) is 20.5 Å². The highest BCUT2D eigenvalue weighted by Gasteiger charge is 2.31. The lowest BCUT2D eigenvalue weighted by molar-refractivity contribution is -0.122. The number of hydrogen-bond acceptors (Lipinski definition) is 5. The van der Waals surface area contributed by atoms with E-state index in [1.807, 2.05) is 7.05 Å². The SMILES string of the molecule is CC(=O)NC[C@H]1CC[C@@H](CC(=O)NCCc2csc(C(C)C)n2)N1C. The van der Waals surface area contributed by atoms with Crippen LogP contribution in [0.4, 0.5) is 0 Å². The Morgan fingerprint density at radius 1 is 1.32 bits per heavy atom. The molecule has 6 nitrogen and oxygen atoms in total. The molecule has 1 fully saturated rings. The van der Waals surface area contributed by atoms with Crippen molar-refractivity contribution in [3.63, 3.8) is 0 Å². The van der Waals surface area contributed by atoms with Crippen LogP contribution in [-0.4, -0.2) is 53.9 Å². The first kappa shape index (κ1) is 19.8. The van der Waals surface area contributed by atoms with E-state index in [-0.39, 0.29) is 17.9 Å². The molecule has 2 atom stereocenters. The zero-order valence-electron chi connectivity index (χ0n) is 15.7. The molecule has 1 aliphatic rings. The van der Waals surface area contributed by atoms with Crippen molar-refractivity contribution in [3.05, 3.63) is 16.1 Å². The van der Waals surface area contributed by atoms with E-state index in [9.17, 15) is 9.59 Å². The first-order chi connectivity index (χ1) is 11.9. The van der Waals surface area contributed by atoms with E-state index >= 15 is 0 Å². The second kappa shape index (κ2) is 9.29. The lowest BCUT2D eigenvalue weighted by Gasteiger charge is -2.25. The molecule has 0 aromatic carbocycles. The van der Waals surface area contributed by atoms with Gasteiger partial charge in [0.25, 0.3) is 0 Å². The maximum atomic E-state index is 12.2. The Bertz CT molecular complexity index is 587. The van der Waals surface area contributed by atoms with Gasteiger partial charge in [-0.15, -0.1) is 11.3 Å². The van der Waals surface area contributed by atoms with E-state index in [1.165, 1.54) is 6.92 Å². The number of thiazole rings is 1. The molecule has 140 valence electrons. The van der Waals surface area contributed by atoms with Gasteiger partial charge in [0.1, 0.15) is 0 Å². The molecule has 0 bridgehead atoms. The van der Waals surface area contributed by atoms with E-state index in [2.05, 4.69) is 39.7 Å². The molecule has 2 rings (SSSR count). The molecular formula is C18H30N4O2S. The molecule has 0 spiro atoms. The minimum Gasteiger partial charge on any atom is -0.356 e. The van der Waals surface area contributed by atoms with Gasteiger partial charge in [-0.25, -0.2) is 4.98 Å². The van der Waals surface area contributed by atoms with Gasteiger partial charge in [0, 0.05) is 56.2 Å². The average molecular weight is 367 g/mol. The second-order valence-electron chi connectivity index (χ2n) is 7.12. The highest BCUT2D eigenvalue weighted by Crippen LogP contribution is 2.24. The predicted octanol–water partition coefficient (Wildman–Crippen LogP) is 1.91. The number of likely N-dealkylation sites (tertiary alicyclic amines) is 1. The molecule has 1 aromatic heterocycles. The van der Waals surface area contributed by atoms with Crippen LogP contribution >= 0.6 is 11.3 Å². The Morgan fingerprint density at radius 2 is 2.04 bits per heavy atom. The Hall–Kier alpha value is -1.47. The molecule has 0 saturated carbocycles. The Balaban J connectivity index is 1.68. The van der Waals surface area contributed by atoms with Crippen LogP contribution in [0.15, 0.2) is 5.38 Å². The van der Waals surface area contributed by atoms with Crippen LogP contribution in [-0.2, 0) is 16.0 Å². The summed E-state index contributed by atoms with van der Waals surface area (Å²) in [5, 5.41) is 9.11. The Morgan fingerprint density at radius 3 is 2.68 bits per heavy atom. The molecule has 0 unspecified atom stereocenters. The quantitative estimate of drug-likeness (QED) is 0.737. The number of carbonyl (C=O) groups is 2. The summed E-state index contributed by atoms with van der Waals surface area (Å²) in [5.41, 5.74) is 1.06. The van der Waals surface area contributed by atoms with Gasteiger partial charge in [0.2, 0.25) is 11.8 Å². The average Bonchev–Trinajstić information content (AvgIpc) is 3.14. The predicted molar refractivity (Wildman–Crippen MR) is 101 cm³/mol. The van der Waals surface area contributed by atoms with Crippen molar-refractivity contribution in [3.8, 4) is 0 Å². The van der Waals surface area contributed by atoms with Crippen LogP contribution in [0.5, 0.6) is 0 Å². The van der Waals surface area contributed by atoms with Crippen molar-refractivity contribution in [1.29, 1.82) is 0 Å². The fourth-order valence-corrected chi connectivity index (χ4v) is 4.03. The van der Waals surface area contributed by atoms with Gasteiger partial charge >= 0.3 is 0 Å². The normalized spacial score (nSPS) is 20.8. The summed E-state index contributed by atoms with van der Waals surface area (Å²) in [6, 6.07) is 0.580. The van der Waals surface area contributed by atoms with Crippen molar-refractivity contribution < 1.29 is 9.59 Å². The van der Waals surface area contributed by atoms with Gasteiger partial charge in [-0.05, 0) is 19.9 Å². The molecule has 25 heavy (non-hydrogen) atoms. The zero-order chi connectivity index (χ0) is 18.4. The summed E-state index contributed by atoms with van der Waals surface area (Å²) in [7, 11) is 2.04. The van der Waals surface area contributed by atoms with Crippen LogP contribution in [0.2, 0.25) is 0 Å². The first-order valence-corrected chi connectivity index (χ1v) is 9.92. The fourth-order valence-electron chi connectivity index (χ4n) is 3.16. The van der Waals surface area contributed by atoms with Crippen molar-refractivity contribution >= 4 is 23.2 Å². The van der Waals surface area contributed by atoms with Crippen LogP contribution in [0.1, 0.15) is 56.7 Å². The smallest absolute Gasteiger partial charge is 0.221 e. The second-order valence-corrected chi connectivity index (χ2v) is 8.01. The standard InChI is InChI=1S/C18H30N4O2S/c1-12(2)18-21-14(11-25-18)7-8-19-17(24)9-15-5-6-16(22(15)4)10-20-13(3)23/h11-12,15-16H,5-10H2,1-4H3,(H,19,24)(H,20,23)/t15-,16+/m0/s1. The zero-order valence-corrected chi connectivity index (χ0v) is 16.5. The molecule has 7 heteroatoms. The van der Waals surface area contributed by atoms with Crippen LogP contribution in [0, 0.1) is 0 Å². The molecule has 2 N–H and O–H groups in total. The third-order valence-corrected chi connectivity index (χ3v) is 5.95. The van der Waals surface area contributed by atoms with E-state index in [0.717, 1.165) is 30.0 Å². The highest BCUT2D eigenvalue weighted by molar-refractivity contribution is 7.09. The number of rotatable bonds is 8. The number of likely N-dealkylation sites (N-methyl/N-ethyl adjacent to an activating group) is 1. The third-order valence-electron chi connectivity index (χ3n) is 4.76. The number of nitrogens with one attached hydrogen (secondary N) is 2. The third kappa shape index (κ3) is 6.08. The Kier molecular flexibility index (Phi) is 7.38. The minimum atomic E-state index is -0.00254. The molecule has 1 saturated heterocycles. The monoisotopic (exact) mass is 366 g/mol. The van der Waals surface area contributed by atoms with E-state index in [1.54, 1.807) is 11.3 Å². The molecule has 1 aromatic rings. The van der Waals surface area contributed by atoms with Gasteiger partial charge in [-0.2, -0.15) is 0 Å². The summed E-state index contributed by atoms with van der Waals surface area (Å²) in [6.07, 6.45) is 3.31. The number of hydrogen-bond donors (Lipinski definition) is 2. The minimum absolute atomic E-state index is 0.00254. The largest absolute Gasteiger partial charge is 0.356 e. The summed E-state index contributed by atoms with van der Waals surface area (Å²) in [4.78, 5) is 30.1. The Labute approximate surface area is 154 Å². The summed E-state index contributed by atoms with van der Waals surface area (Å²) < 4.78 is 0. The van der Waals surface area contributed by atoms with Crippen LogP contribution in [0.25, 0.3) is 0 Å². The molecule has 0 aliphatic carbocycles. The van der Waals surface area contributed by atoms with Crippen molar-refractivity contribution in [2.24, 2.45) is 0 Å². The summed E-state index contributed by atoms with van der Waals surface area (Å²) >= 11 is 1.69. The van der Waals surface area contributed by atoms with Gasteiger partial charge in [-0.1, -0.05) is 13.8 Å². The lowest BCUT2D eigenvalue weighted by atomic mass is 10.1. The molecule has 2 amide bonds. The maximum absolute atomic E-state index is 12.2. The number of amides is 2. The van der Waals surface area contributed by atoms with E-state index in [4.69, 9.17) is 0 Å². The van der Waals surface area contributed by atoms with Gasteiger partial charge in [0.05, 0.1) is 10.7 Å². The van der Waals surface area contributed by atoms with Crippen molar-refractivity contribution in [2.75, 3.05) is 20.1 Å². The van der Waals surface area contributed by atoms with Crippen molar-refractivity contribution in [2.45, 2.75) is 64.5 Å².